The standard InChI is InChI=1S/C73H46N4S4/c1-3-23-55-53(21-1)54-22-2-4-24-56(54)73(55,47-41-49(74-57-25-5-13-33-65(57)78-66-34-14-6-26-58(66)74)45-50(42-47)75-59-27-7-15-35-67(59)79-68-36-16-8-28-60(68)75)48-43-51(76-61-29-9-17-37-69(61)80-70-38-18-10-30-62(70)76)46-52(44-48)77-63-31-11-19-39-71(63)81-72-40-20-12-32-64(72)77/h1-46H. The van der Waals surface area contributed by atoms with Crippen molar-refractivity contribution in [2.24, 2.45) is 0 Å². The minimum absolute atomic E-state index is 0.872. The summed E-state index contributed by atoms with van der Waals surface area (Å²) in [7, 11) is 0. The van der Waals surface area contributed by atoms with E-state index in [0.717, 1.165) is 68.2 Å². The van der Waals surface area contributed by atoms with E-state index in [-0.39, 0.29) is 0 Å². The first-order valence-corrected chi connectivity index (χ1v) is 30.6. The van der Waals surface area contributed by atoms with E-state index in [1.807, 2.05) is 47.0 Å². The number of rotatable bonds is 6. The second-order valence-electron chi connectivity index (χ2n) is 20.8. The van der Waals surface area contributed by atoms with Crippen LogP contribution in [0.4, 0.5) is 68.2 Å². The monoisotopic (exact) mass is 1110 g/mol. The molecule has 0 aromatic heterocycles. The highest BCUT2D eigenvalue weighted by Gasteiger charge is 2.48. The van der Waals surface area contributed by atoms with Crippen molar-refractivity contribution in [3.05, 3.63) is 301 Å². The summed E-state index contributed by atoms with van der Waals surface area (Å²) in [6.07, 6.45) is 0. The van der Waals surface area contributed by atoms with E-state index in [2.05, 4.69) is 299 Å². The van der Waals surface area contributed by atoms with E-state index in [1.54, 1.807) is 0 Å². The second-order valence-corrected chi connectivity index (χ2v) is 25.1. The molecular formula is C73H46N4S4. The normalized spacial score (nSPS) is 14.5. The number of para-hydroxylation sites is 8. The van der Waals surface area contributed by atoms with Crippen molar-refractivity contribution in [3.63, 3.8) is 0 Å². The van der Waals surface area contributed by atoms with Crippen LogP contribution in [-0.2, 0) is 5.41 Å². The van der Waals surface area contributed by atoms with Crippen LogP contribution in [0.1, 0.15) is 22.3 Å². The maximum Gasteiger partial charge on any atom is 0.0716 e. The van der Waals surface area contributed by atoms with Crippen molar-refractivity contribution in [2.75, 3.05) is 19.6 Å². The van der Waals surface area contributed by atoms with Gasteiger partial charge in [0.25, 0.3) is 0 Å². The first-order chi connectivity index (χ1) is 40.2. The Labute approximate surface area is 488 Å². The Balaban J connectivity index is 1.03. The lowest BCUT2D eigenvalue weighted by Gasteiger charge is -2.40. The summed E-state index contributed by atoms with van der Waals surface area (Å²) >= 11 is 7.38. The molecule has 0 atom stereocenters. The Morgan fingerprint density at radius 2 is 0.407 bits per heavy atom. The summed E-state index contributed by atoms with van der Waals surface area (Å²) in [4.78, 5) is 19.8. The van der Waals surface area contributed by atoms with Gasteiger partial charge in [-0.25, -0.2) is 0 Å². The number of hydrogen-bond acceptors (Lipinski definition) is 8. The highest BCUT2D eigenvalue weighted by Crippen LogP contribution is 2.63. The van der Waals surface area contributed by atoms with Crippen LogP contribution >= 0.6 is 47.0 Å². The van der Waals surface area contributed by atoms with Crippen molar-refractivity contribution in [3.8, 4) is 11.1 Å². The molecule has 12 aromatic carbocycles. The van der Waals surface area contributed by atoms with E-state index < -0.39 is 5.41 Å². The van der Waals surface area contributed by atoms with Crippen molar-refractivity contribution in [1.82, 2.24) is 0 Å². The second kappa shape index (κ2) is 18.7. The molecule has 0 bridgehead atoms. The smallest absolute Gasteiger partial charge is 0.0716 e. The highest BCUT2D eigenvalue weighted by molar-refractivity contribution is 8.00. The Bertz CT molecular complexity index is 3870. The average molecular weight is 1110 g/mol. The summed E-state index contributed by atoms with van der Waals surface area (Å²) in [5, 5.41) is 0. The summed E-state index contributed by atoms with van der Waals surface area (Å²) in [5.74, 6) is 0. The van der Waals surface area contributed by atoms with Gasteiger partial charge in [-0.15, -0.1) is 0 Å². The zero-order chi connectivity index (χ0) is 53.2. The van der Waals surface area contributed by atoms with Crippen molar-refractivity contribution in [1.29, 1.82) is 0 Å². The molecule has 382 valence electrons. The number of hydrogen-bond donors (Lipinski definition) is 0. The zero-order valence-electron chi connectivity index (χ0n) is 43.5. The highest BCUT2D eigenvalue weighted by atomic mass is 32.2. The SMILES string of the molecule is c1ccc2c(c1)Sc1ccccc1N2c1cc(N2c3ccccc3Sc3ccccc32)cc(C2(c3cc(N4c5ccccc5Sc5ccccc54)cc(N4c5ccccc5Sc5ccccc54)c3)c3ccccc3-c3ccccc32)c1. The van der Waals surface area contributed by atoms with E-state index in [4.69, 9.17) is 0 Å². The van der Waals surface area contributed by atoms with Gasteiger partial charge in [-0.2, -0.15) is 0 Å². The molecule has 0 spiro atoms. The molecule has 8 heteroatoms. The van der Waals surface area contributed by atoms with Gasteiger partial charge in [0, 0.05) is 61.9 Å². The largest absolute Gasteiger partial charge is 0.308 e. The molecule has 0 saturated heterocycles. The van der Waals surface area contributed by atoms with Gasteiger partial charge in [-0.05, 0) is 167 Å². The van der Waals surface area contributed by atoms with E-state index in [9.17, 15) is 0 Å². The maximum absolute atomic E-state index is 2.53. The molecule has 0 N–H and O–H groups in total. The topological polar surface area (TPSA) is 13.0 Å². The summed E-state index contributed by atoms with van der Waals surface area (Å²) < 4.78 is 0. The van der Waals surface area contributed by atoms with Gasteiger partial charge in [0.1, 0.15) is 0 Å². The van der Waals surface area contributed by atoms with Crippen LogP contribution in [0.5, 0.6) is 0 Å². The molecule has 12 aromatic rings. The lowest BCUT2D eigenvalue weighted by molar-refractivity contribution is 0.768. The van der Waals surface area contributed by atoms with Crippen LogP contribution < -0.4 is 19.6 Å². The molecule has 0 unspecified atom stereocenters. The molecule has 81 heavy (non-hydrogen) atoms. The Morgan fingerprint density at radius 3 is 0.642 bits per heavy atom. The van der Waals surface area contributed by atoms with Crippen LogP contribution in [0.15, 0.2) is 318 Å². The fourth-order valence-corrected chi connectivity index (χ4v) is 17.3. The van der Waals surface area contributed by atoms with Crippen LogP contribution in [0, 0.1) is 0 Å². The van der Waals surface area contributed by atoms with Gasteiger partial charge < -0.3 is 19.6 Å². The predicted octanol–water partition coefficient (Wildman–Crippen LogP) is 21.8. The maximum atomic E-state index is 2.53. The van der Waals surface area contributed by atoms with E-state index >= 15 is 0 Å². The number of nitrogens with zero attached hydrogens (tertiary/aromatic N) is 4. The molecule has 0 amide bonds. The van der Waals surface area contributed by atoms with Gasteiger partial charge in [0.15, 0.2) is 0 Å². The minimum atomic E-state index is -0.872. The molecule has 0 fully saturated rings. The van der Waals surface area contributed by atoms with Gasteiger partial charge in [-0.3, -0.25) is 0 Å². The van der Waals surface area contributed by atoms with Crippen molar-refractivity contribution < 1.29 is 0 Å². The Hall–Kier alpha value is -8.76. The summed E-state index contributed by atoms with van der Waals surface area (Å²) in [6, 6.07) is 105. The number of fused-ring (bicyclic) bond motifs is 11. The zero-order valence-corrected chi connectivity index (χ0v) is 46.7. The molecule has 5 aliphatic rings. The fourth-order valence-electron chi connectivity index (χ4n) is 13.1. The third kappa shape index (κ3) is 7.24. The van der Waals surface area contributed by atoms with Crippen molar-refractivity contribution in [2.45, 2.75) is 44.6 Å². The summed E-state index contributed by atoms with van der Waals surface area (Å²) in [6.45, 7) is 0. The van der Waals surface area contributed by atoms with Gasteiger partial charge in [-0.1, -0.05) is 193 Å². The first kappa shape index (κ1) is 47.1. The average Bonchev–Trinajstić information content (AvgIpc) is 4.05. The molecular weight excluding hydrogens is 1060 g/mol. The van der Waals surface area contributed by atoms with Crippen LogP contribution in [-0.4, -0.2) is 0 Å². The lowest BCUT2D eigenvalue weighted by Crippen LogP contribution is -2.30. The van der Waals surface area contributed by atoms with Gasteiger partial charge in [0.05, 0.1) is 50.9 Å². The van der Waals surface area contributed by atoms with Crippen molar-refractivity contribution >= 4 is 115 Å². The van der Waals surface area contributed by atoms with E-state index in [1.165, 1.54) is 72.5 Å². The number of benzene rings is 12. The Kier molecular flexibility index (Phi) is 10.8. The molecule has 1 aliphatic carbocycles. The predicted molar refractivity (Wildman–Crippen MR) is 339 cm³/mol. The third-order valence-corrected chi connectivity index (χ3v) is 20.9. The fraction of sp³-hybridized carbons (Fsp3) is 0.0137. The third-order valence-electron chi connectivity index (χ3n) is 16.4. The molecule has 0 radical (unpaired) electrons. The quantitative estimate of drug-likeness (QED) is 0.161. The summed E-state index contributed by atoms with van der Waals surface area (Å²) in [5.41, 5.74) is 20.0. The molecule has 4 nitrogen and oxygen atoms in total. The first-order valence-electron chi connectivity index (χ1n) is 27.3. The molecule has 4 aliphatic heterocycles. The minimum Gasteiger partial charge on any atom is -0.308 e. The molecule has 17 rings (SSSR count). The number of anilines is 12. The molecule has 0 saturated carbocycles. The van der Waals surface area contributed by atoms with Crippen LogP contribution in [0.25, 0.3) is 11.1 Å². The van der Waals surface area contributed by atoms with Gasteiger partial charge >= 0.3 is 0 Å². The Morgan fingerprint density at radius 1 is 0.210 bits per heavy atom. The van der Waals surface area contributed by atoms with Crippen LogP contribution in [0.3, 0.4) is 0 Å². The lowest BCUT2D eigenvalue weighted by atomic mass is 9.67. The van der Waals surface area contributed by atoms with Crippen LogP contribution in [0.2, 0.25) is 0 Å². The van der Waals surface area contributed by atoms with Gasteiger partial charge in [0.2, 0.25) is 0 Å². The van der Waals surface area contributed by atoms with E-state index in [0.29, 0.717) is 0 Å². The molecule has 4 heterocycles.